The van der Waals surface area contributed by atoms with Crippen molar-refractivity contribution in [2.45, 2.75) is 44.9 Å². The molecule has 0 saturated carbocycles. The van der Waals surface area contributed by atoms with E-state index < -0.39 is 18.2 Å². The molecule has 0 radical (unpaired) electrons. The highest BCUT2D eigenvalue weighted by molar-refractivity contribution is 5.96. The van der Waals surface area contributed by atoms with Crippen molar-refractivity contribution in [3.63, 3.8) is 0 Å². The molecule has 4 aromatic carbocycles. The van der Waals surface area contributed by atoms with Crippen LogP contribution in [0, 0.1) is 0 Å². The molecular formula is C35H34N2O4. The zero-order valence-electron chi connectivity index (χ0n) is 23.4. The summed E-state index contributed by atoms with van der Waals surface area (Å²) in [5.74, 6) is 0.927. The third-order valence-corrected chi connectivity index (χ3v) is 7.07. The lowest BCUT2D eigenvalue weighted by Gasteiger charge is -2.20. The standard InChI is InChI=1S/C35H34N2O4/c1-35(2,3)28-14-17-29(18-15-28)41-30-16-13-26-21-31(36-22-27(26)20-30)33(38)37-32(34(39)40)19-23-9-11-25(12-10-23)24-7-5-4-6-8-24/h4-18,20-22,32,34,39-40H,19H2,1-3H3,(H,37,38)/t32-/m0/s1. The Kier molecular flexibility index (Phi) is 8.15. The van der Waals surface area contributed by atoms with Gasteiger partial charge in [0.15, 0.2) is 6.29 Å². The minimum Gasteiger partial charge on any atom is -0.457 e. The SMILES string of the molecule is CC(C)(C)c1ccc(Oc2ccc3cc(C(=O)N[C@@H](Cc4ccc(-c5ccccc5)cc4)C(O)O)ncc3c2)cc1. The highest BCUT2D eigenvalue weighted by atomic mass is 16.5. The number of amides is 1. The molecule has 0 aliphatic carbocycles. The Bertz CT molecular complexity index is 1620. The zero-order valence-corrected chi connectivity index (χ0v) is 23.4. The van der Waals surface area contributed by atoms with E-state index in [4.69, 9.17) is 4.74 Å². The van der Waals surface area contributed by atoms with Crippen LogP contribution in [0.25, 0.3) is 21.9 Å². The number of aliphatic hydroxyl groups is 2. The summed E-state index contributed by atoms with van der Waals surface area (Å²) in [6, 6.07) is 32.3. The molecule has 5 rings (SSSR count). The number of aromatic nitrogens is 1. The van der Waals surface area contributed by atoms with Crippen LogP contribution < -0.4 is 10.1 Å². The van der Waals surface area contributed by atoms with E-state index in [9.17, 15) is 15.0 Å². The molecule has 208 valence electrons. The van der Waals surface area contributed by atoms with E-state index in [1.807, 2.05) is 84.9 Å². The third kappa shape index (κ3) is 6.98. The van der Waals surface area contributed by atoms with Gasteiger partial charge in [-0.15, -0.1) is 0 Å². The van der Waals surface area contributed by atoms with Gasteiger partial charge in [-0.1, -0.05) is 93.6 Å². The Morgan fingerprint density at radius 1 is 0.805 bits per heavy atom. The Hall–Kier alpha value is -4.52. The van der Waals surface area contributed by atoms with Gasteiger partial charge in [0, 0.05) is 11.6 Å². The first-order chi connectivity index (χ1) is 19.7. The summed E-state index contributed by atoms with van der Waals surface area (Å²) in [6.45, 7) is 6.51. The van der Waals surface area contributed by atoms with Crippen molar-refractivity contribution in [1.82, 2.24) is 10.3 Å². The van der Waals surface area contributed by atoms with Crippen LogP contribution in [0.4, 0.5) is 0 Å². The average molecular weight is 547 g/mol. The molecule has 0 aliphatic heterocycles. The van der Waals surface area contributed by atoms with E-state index in [-0.39, 0.29) is 17.5 Å². The topological polar surface area (TPSA) is 91.7 Å². The van der Waals surface area contributed by atoms with Gasteiger partial charge < -0.3 is 20.3 Å². The van der Waals surface area contributed by atoms with E-state index in [1.54, 1.807) is 12.3 Å². The van der Waals surface area contributed by atoms with Crippen LogP contribution in [0.15, 0.2) is 109 Å². The highest BCUT2D eigenvalue weighted by Crippen LogP contribution is 2.29. The minimum absolute atomic E-state index is 0.0700. The van der Waals surface area contributed by atoms with Gasteiger partial charge in [0.05, 0.1) is 6.04 Å². The normalized spacial score (nSPS) is 12.3. The molecule has 0 saturated heterocycles. The molecule has 1 amide bonds. The van der Waals surface area contributed by atoms with Gasteiger partial charge in [-0.25, -0.2) is 0 Å². The van der Waals surface area contributed by atoms with Crippen LogP contribution >= 0.6 is 0 Å². The van der Waals surface area contributed by atoms with Crippen molar-refractivity contribution in [1.29, 1.82) is 0 Å². The van der Waals surface area contributed by atoms with Crippen LogP contribution in [0.2, 0.25) is 0 Å². The summed E-state index contributed by atoms with van der Waals surface area (Å²) < 4.78 is 6.04. The molecule has 1 aromatic heterocycles. The largest absolute Gasteiger partial charge is 0.457 e. The average Bonchev–Trinajstić information content (AvgIpc) is 2.97. The van der Waals surface area contributed by atoms with E-state index in [1.165, 1.54) is 5.56 Å². The first-order valence-electron chi connectivity index (χ1n) is 13.7. The van der Waals surface area contributed by atoms with Gasteiger partial charge in [-0.3, -0.25) is 9.78 Å². The summed E-state index contributed by atoms with van der Waals surface area (Å²) in [7, 11) is 0. The van der Waals surface area contributed by atoms with E-state index >= 15 is 0 Å². The Morgan fingerprint density at radius 3 is 2.12 bits per heavy atom. The maximum atomic E-state index is 13.0. The first-order valence-corrected chi connectivity index (χ1v) is 13.7. The maximum Gasteiger partial charge on any atom is 0.270 e. The molecular weight excluding hydrogens is 512 g/mol. The number of ether oxygens (including phenoxy) is 1. The second-order valence-electron chi connectivity index (χ2n) is 11.2. The van der Waals surface area contributed by atoms with Crippen molar-refractivity contribution in [3.8, 4) is 22.6 Å². The Morgan fingerprint density at radius 2 is 1.46 bits per heavy atom. The molecule has 6 nitrogen and oxygen atoms in total. The van der Waals surface area contributed by atoms with E-state index in [0.717, 1.165) is 33.2 Å². The van der Waals surface area contributed by atoms with E-state index in [2.05, 4.69) is 43.2 Å². The summed E-state index contributed by atoms with van der Waals surface area (Å²) in [5.41, 5.74) is 4.52. The second-order valence-corrected chi connectivity index (χ2v) is 11.2. The van der Waals surface area contributed by atoms with Crippen molar-refractivity contribution in [2.24, 2.45) is 0 Å². The van der Waals surface area contributed by atoms with Crippen LogP contribution in [-0.4, -0.2) is 33.4 Å². The first kappa shape index (κ1) is 28.0. The van der Waals surface area contributed by atoms with Crippen LogP contribution in [0.3, 0.4) is 0 Å². The van der Waals surface area contributed by atoms with Gasteiger partial charge in [-0.2, -0.15) is 0 Å². The van der Waals surface area contributed by atoms with Gasteiger partial charge >= 0.3 is 0 Å². The van der Waals surface area contributed by atoms with Gasteiger partial charge in [0.2, 0.25) is 0 Å². The molecule has 0 bridgehead atoms. The smallest absolute Gasteiger partial charge is 0.270 e. The number of hydrogen-bond acceptors (Lipinski definition) is 5. The van der Waals surface area contributed by atoms with Crippen molar-refractivity contribution in [2.75, 3.05) is 0 Å². The Balaban J connectivity index is 1.25. The van der Waals surface area contributed by atoms with E-state index in [0.29, 0.717) is 5.75 Å². The van der Waals surface area contributed by atoms with Crippen molar-refractivity contribution in [3.05, 3.63) is 126 Å². The summed E-state index contributed by atoms with van der Waals surface area (Å²) in [6.07, 6.45) is 0.140. The van der Waals surface area contributed by atoms with Crippen LogP contribution in [-0.2, 0) is 11.8 Å². The fraction of sp³-hybridized carbons (Fsp3) is 0.200. The highest BCUT2D eigenvalue weighted by Gasteiger charge is 2.21. The summed E-state index contributed by atoms with van der Waals surface area (Å²) in [4.78, 5) is 17.3. The molecule has 1 atom stereocenters. The molecule has 41 heavy (non-hydrogen) atoms. The minimum atomic E-state index is -1.73. The molecule has 0 unspecified atom stereocenters. The molecule has 0 aliphatic rings. The van der Waals surface area contributed by atoms with Crippen molar-refractivity contribution < 1.29 is 19.7 Å². The van der Waals surface area contributed by atoms with Crippen molar-refractivity contribution >= 4 is 16.7 Å². The predicted molar refractivity (Wildman–Crippen MR) is 162 cm³/mol. The van der Waals surface area contributed by atoms with Gasteiger partial charge in [0.25, 0.3) is 5.91 Å². The molecule has 3 N–H and O–H groups in total. The fourth-order valence-corrected chi connectivity index (χ4v) is 4.66. The number of pyridine rings is 1. The third-order valence-electron chi connectivity index (χ3n) is 7.07. The quantitative estimate of drug-likeness (QED) is 0.190. The van der Waals surface area contributed by atoms with Gasteiger partial charge in [-0.05, 0) is 69.8 Å². The molecule has 6 heteroatoms. The predicted octanol–water partition coefficient (Wildman–Crippen LogP) is 6.64. The number of fused-ring (bicyclic) bond motifs is 1. The fourth-order valence-electron chi connectivity index (χ4n) is 4.66. The number of carbonyl (C=O) groups excluding carboxylic acids is 1. The second kappa shape index (κ2) is 11.9. The number of benzene rings is 4. The number of nitrogens with zero attached hydrogens (tertiary/aromatic N) is 1. The zero-order chi connectivity index (χ0) is 29.0. The lowest BCUT2D eigenvalue weighted by molar-refractivity contribution is -0.0647. The van der Waals surface area contributed by atoms with Crippen LogP contribution in [0.5, 0.6) is 11.5 Å². The monoisotopic (exact) mass is 546 g/mol. The maximum absolute atomic E-state index is 13.0. The number of aliphatic hydroxyl groups excluding tert-OH is 1. The van der Waals surface area contributed by atoms with Crippen LogP contribution in [0.1, 0.15) is 42.4 Å². The number of hydrogen-bond donors (Lipinski definition) is 3. The molecule has 0 spiro atoms. The molecule has 0 fully saturated rings. The lowest BCUT2D eigenvalue weighted by Crippen LogP contribution is -2.45. The Labute approximate surface area is 240 Å². The molecule has 1 heterocycles. The summed E-state index contributed by atoms with van der Waals surface area (Å²) >= 11 is 0. The molecule has 5 aromatic rings. The lowest BCUT2D eigenvalue weighted by atomic mass is 9.87. The number of rotatable bonds is 8. The van der Waals surface area contributed by atoms with Gasteiger partial charge in [0.1, 0.15) is 17.2 Å². The number of nitrogens with one attached hydrogen (secondary N) is 1. The number of carbonyl (C=O) groups is 1. The summed E-state index contributed by atoms with van der Waals surface area (Å²) in [5, 5.41) is 24.3.